The molecule has 0 fully saturated rings. The van der Waals surface area contributed by atoms with E-state index in [1.165, 1.54) is 0 Å². The first-order chi connectivity index (χ1) is 7.72. The Balaban J connectivity index is 2.37. The Morgan fingerprint density at radius 3 is 2.62 bits per heavy atom. The van der Waals surface area contributed by atoms with E-state index >= 15 is 0 Å². The molecule has 0 atom stereocenters. The van der Waals surface area contributed by atoms with Gasteiger partial charge in [-0.25, -0.2) is 0 Å². The maximum atomic E-state index is 5.86. The molecule has 2 aromatic rings. The lowest BCUT2D eigenvalue weighted by Crippen LogP contribution is -2.12. The van der Waals surface area contributed by atoms with Crippen molar-refractivity contribution >= 4 is 11.6 Å². The maximum Gasteiger partial charge on any atom is 0.0571 e. The molecule has 0 amide bonds. The average molecular weight is 236 g/mol. The predicted molar refractivity (Wildman–Crippen MR) is 66.5 cm³/mol. The van der Waals surface area contributed by atoms with Crippen molar-refractivity contribution in [2.24, 2.45) is 5.73 Å². The Bertz CT molecular complexity index is 474. The molecule has 2 N–H and O–H groups in total. The Morgan fingerprint density at radius 2 is 2.00 bits per heavy atom. The Kier molecular flexibility index (Phi) is 3.27. The summed E-state index contributed by atoms with van der Waals surface area (Å²) in [5, 5.41) is 5.05. The van der Waals surface area contributed by atoms with E-state index in [1.54, 1.807) is 0 Å². The minimum absolute atomic E-state index is 0.600. The summed E-state index contributed by atoms with van der Waals surface area (Å²) in [5.41, 5.74) is 8.91. The molecule has 0 aliphatic heterocycles. The van der Waals surface area contributed by atoms with Gasteiger partial charge in [-0.05, 0) is 24.6 Å². The molecule has 2 rings (SSSR count). The smallest absolute Gasteiger partial charge is 0.0571 e. The summed E-state index contributed by atoms with van der Waals surface area (Å²) < 4.78 is 1.92. The third-order valence-corrected chi connectivity index (χ3v) is 2.85. The van der Waals surface area contributed by atoms with E-state index in [4.69, 9.17) is 17.3 Å². The van der Waals surface area contributed by atoms with Crippen LogP contribution in [-0.2, 0) is 6.54 Å². The first-order valence-corrected chi connectivity index (χ1v) is 5.58. The minimum Gasteiger partial charge on any atom is -0.329 e. The van der Waals surface area contributed by atoms with Crippen LogP contribution in [0.4, 0.5) is 0 Å². The van der Waals surface area contributed by atoms with E-state index in [0.29, 0.717) is 6.54 Å². The molecular formula is C12H14ClN3. The minimum atomic E-state index is 0.600. The quantitative estimate of drug-likeness (QED) is 0.888. The van der Waals surface area contributed by atoms with Crippen LogP contribution in [0.15, 0.2) is 30.5 Å². The zero-order chi connectivity index (χ0) is 11.5. The van der Waals surface area contributed by atoms with Crippen molar-refractivity contribution in [2.45, 2.75) is 13.5 Å². The molecule has 1 aromatic carbocycles. The number of aromatic nitrogens is 2. The lowest BCUT2D eigenvalue weighted by atomic mass is 10.1. The number of rotatable bonds is 3. The zero-order valence-electron chi connectivity index (χ0n) is 9.15. The van der Waals surface area contributed by atoms with Gasteiger partial charge in [0, 0.05) is 22.8 Å². The molecule has 0 aliphatic rings. The molecule has 4 heteroatoms. The number of nitrogens with zero attached hydrogens (tertiary/aromatic N) is 2. The van der Waals surface area contributed by atoms with Crippen LogP contribution in [0.5, 0.6) is 0 Å². The van der Waals surface area contributed by atoms with E-state index in [0.717, 1.165) is 28.4 Å². The first-order valence-electron chi connectivity index (χ1n) is 5.21. The summed E-state index contributed by atoms with van der Waals surface area (Å²) in [6.45, 7) is 3.40. The summed E-state index contributed by atoms with van der Waals surface area (Å²) in [6, 6.07) is 7.77. The SMILES string of the molecule is Cc1c(-c2ccc(Cl)cc2)cnn1CCN. The van der Waals surface area contributed by atoms with Gasteiger partial charge in [-0.15, -0.1) is 0 Å². The van der Waals surface area contributed by atoms with Gasteiger partial charge >= 0.3 is 0 Å². The van der Waals surface area contributed by atoms with Crippen molar-refractivity contribution in [3.8, 4) is 11.1 Å². The van der Waals surface area contributed by atoms with Crippen molar-refractivity contribution in [3.05, 3.63) is 41.2 Å². The third-order valence-electron chi connectivity index (χ3n) is 2.60. The summed E-state index contributed by atoms with van der Waals surface area (Å²) in [7, 11) is 0. The molecule has 0 bridgehead atoms. The van der Waals surface area contributed by atoms with E-state index in [9.17, 15) is 0 Å². The fourth-order valence-electron chi connectivity index (χ4n) is 1.71. The number of halogens is 1. The van der Waals surface area contributed by atoms with Crippen LogP contribution in [0.3, 0.4) is 0 Å². The third kappa shape index (κ3) is 2.10. The number of hydrogen-bond acceptors (Lipinski definition) is 2. The van der Waals surface area contributed by atoms with Gasteiger partial charge in [0.25, 0.3) is 0 Å². The van der Waals surface area contributed by atoms with Gasteiger partial charge < -0.3 is 5.73 Å². The molecule has 0 saturated heterocycles. The highest BCUT2D eigenvalue weighted by Crippen LogP contribution is 2.24. The van der Waals surface area contributed by atoms with Gasteiger partial charge in [0.2, 0.25) is 0 Å². The molecule has 0 unspecified atom stereocenters. The van der Waals surface area contributed by atoms with Gasteiger partial charge in [-0.2, -0.15) is 5.10 Å². The van der Waals surface area contributed by atoms with Crippen molar-refractivity contribution < 1.29 is 0 Å². The maximum absolute atomic E-state index is 5.86. The van der Waals surface area contributed by atoms with Gasteiger partial charge in [0.1, 0.15) is 0 Å². The monoisotopic (exact) mass is 235 g/mol. The standard InChI is InChI=1S/C12H14ClN3/c1-9-12(8-15-16(9)7-6-14)10-2-4-11(13)5-3-10/h2-5,8H,6-7,14H2,1H3. The largest absolute Gasteiger partial charge is 0.329 e. The molecule has 0 radical (unpaired) electrons. The number of hydrogen-bond donors (Lipinski definition) is 1. The Labute approximate surface area is 99.8 Å². The lowest BCUT2D eigenvalue weighted by Gasteiger charge is -2.03. The van der Waals surface area contributed by atoms with Gasteiger partial charge in [-0.1, -0.05) is 23.7 Å². The molecule has 3 nitrogen and oxygen atoms in total. The van der Waals surface area contributed by atoms with Crippen molar-refractivity contribution in [1.29, 1.82) is 0 Å². The molecule has 0 aliphatic carbocycles. The highest BCUT2D eigenvalue weighted by molar-refractivity contribution is 6.30. The van der Waals surface area contributed by atoms with Crippen molar-refractivity contribution in [2.75, 3.05) is 6.54 Å². The van der Waals surface area contributed by atoms with E-state index < -0.39 is 0 Å². The predicted octanol–water partition coefficient (Wildman–Crippen LogP) is 2.47. The number of nitrogens with two attached hydrogens (primary N) is 1. The van der Waals surface area contributed by atoms with Gasteiger partial charge in [-0.3, -0.25) is 4.68 Å². The highest BCUT2D eigenvalue weighted by Gasteiger charge is 2.07. The molecule has 1 aromatic heterocycles. The second kappa shape index (κ2) is 4.68. The topological polar surface area (TPSA) is 43.8 Å². The molecule has 84 valence electrons. The highest BCUT2D eigenvalue weighted by atomic mass is 35.5. The van der Waals surface area contributed by atoms with Crippen molar-refractivity contribution in [3.63, 3.8) is 0 Å². The Morgan fingerprint density at radius 1 is 1.31 bits per heavy atom. The summed E-state index contributed by atoms with van der Waals surface area (Å²) in [5.74, 6) is 0. The van der Waals surface area contributed by atoms with Crippen LogP contribution in [0.25, 0.3) is 11.1 Å². The van der Waals surface area contributed by atoms with Crippen LogP contribution in [0.1, 0.15) is 5.69 Å². The molecule has 16 heavy (non-hydrogen) atoms. The Hall–Kier alpha value is -1.32. The van der Waals surface area contributed by atoms with Crippen LogP contribution in [0, 0.1) is 6.92 Å². The van der Waals surface area contributed by atoms with Gasteiger partial charge in [0.15, 0.2) is 0 Å². The second-order valence-corrected chi connectivity index (χ2v) is 4.10. The first kappa shape index (κ1) is 11.2. The summed E-state index contributed by atoms with van der Waals surface area (Å²) in [6.07, 6.45) is 1.87. The van der Waals surface area contributed by atoms with Crippen molar-refractivity contribution in [1.82, 2.24) is 9.78 Å². The molecule has 0 saturated carbocycles. The van der Waals surface area contributed by atoms with E-state index in [1.807, 2.05) is 42.1 Å². The van der Waals surface area contributed by atoms with E-state index in [2.05, 4.69) is 5.10 Å². The fourth-order valence-corrected chi connectivity index (χ4v) is 1.83. The average Bonchev–Trinajstić information content (AvgIpc) is 2.63. The van der Waals surface area contributed by atoms with Crippen LogP contribution in [-0.4, -0.2) is 16.3 Å². The zero-order valence-corrected chi connectivity index (χ0v) is 9.91. The van der Waals surface area contributed by atoms with Crippen LogP contribution in [0.2, 0.25) is 5.02 Å². The summed E-state index contributed by atoms with van der Waals surface area (Å²) >= 11 is 5.86. The number of benzene rings is 1. The molecule has 0 spiro atoms. The molecule has 1 heterocycles. The lowest BCUT2D eigenvalue weighted by molar-refractivity contribution is 0.608. The normalized spacial score (nSPS) is 10.7. The van der Waals surface area contributed by atoms with E-state index in [-0.39, 0.29) is 0 Å². The molecular weight excluding hydrogens is 222 g/mol. The van der Waals surface area contributed by atoms with Crippen LogP contribution >= 0.6 is 11.6 Å². The van der Waals surface area contributed by atoms with Gasteiger partial charge in [0.05, 0.1) is 12.7 Å². The fraction of sp³-hybridized carbons (Fsp3) is 0.250. The van der Waals surface area contributed by atoms with Crippen LogP contribution < -0.4 is 5.73 Å². The second-order valence-electron chi connectivity index (χ2n) is 3.66. The summed E-state index contributed by atoms with van der Waals surface area (Å²) in [4.78, 5) is 0.